The van der Waals surface area contributed by atoms with Crippen LogP contribution in [0.15, 0.2) is 60.7 Å². The van der Waals surface area contributed by atoms with Crippen molar-refractivity contribution in [1.82, 2.24) is 10.6 Å². The topological polar surface area (TPSA) is 108 Å². The van der Waals surface area contributed by atoms with Crippen molar-refractivity contribution in [3.63, 3.8) is 0 Å². The number of carbonyl (C=O) groups is 2. The van der Waals surface area contributed by atoms with Crippen molar-refractivity contribution < 1.29 is 24.2 Å². The Morgan fingerprint density at radius 3 is 1.75 bits per heavy atom. The molecular formula is C24H34N2O5Si. The van der Waals surface area contributed by atoms with E-state index in [0.717, 1.165) is 10.4 Å². The van der Waals surface area contributed by atoms with E-state index >= 15 is 0 Å². The molecule has 0 aliphatic carbocycles. The van der Waals surface area contributed by atoms with E-state index in [0.29, 0.717) is 12.8 Å². The minimum atomic E-state index is -2.79. The summed E-state index contributed by atoms with van der Waals surface area (Å²) in [6.45, 7) is 8.45. The first-order valence-electron chi connectivity index (χ1n) is 10.8. The summed E-state index contributed by atoms with van der Waals surface area (Å²) in [5.74, 6) is 0. The van der Waals surface area contributed by atoms with Crippen LogP contribution >= 0.6 is 0 Å². The smallest absolute Gasteiger partial charge is 0.404 e. The average Bonchev–Trinajstić information content (AvgIpc) is 2.72. The minimum Gasteiger partial charge on any atom is -0.465 e. The second-order valence-corrected chi connectivity index (χ2v) is 13.4. The lowest BCUT2D eigenvalue weighted by Crippen LogP contribution is -2.67. The van der Waals surface area contributed by atoms with Gasteiger partial charge in [0, 0.05) is 6.04 Å². The first-order valence-corrected chi connectivity index (χ1v) is 12.7. The van der Waals surface area contributed by atoms with Gasteiger partial charge in [-0.05, 0) is 35.2 Å². The van der Waals surface area contributed by atoms with Gasteiger partial charge in [-0.1, -0.05) is 81.4 Å². The maximum Gasteiger partial charge on any atom is 0.404 e. The van der Waals surface area contributed by atoms with Gasteiger partial charge in [-0.3, -0.25) is 0 Å². The van der Waals surface area contributed by atoms with E-state index in [-0.39, 0.29) is 17.7 Å². The van der Waals surface area contributed by atoms with Crippen molar-refractivity contribution in [1.29, 1.82) is 0 Å². The summed E-state index contributed by atoms with van der Waals surface area (Å²) in [7, 11) is -2.79. The Hall–Kier alpha value is -2.84. The van der Waals surface area contributed by atoms with Gasteiger partial charge in [-0.15, -0.1) is 0 Å². The Labute approximate surface area is 190 Å². The second-order valence-electron chi connectivity index (χ2n) is 9.05. The maximum absolute atomic E-state index is 11.4. The van der Waals surface area contributed by atoms with E-state index < -0.39 is 26.5 Å². The third kappa shape index (κ3) is 6.58. The fraction of sp³-hybridized carbons (Fsp3) is 0.417. The molecule has 0 fully saturated rings. The largest absolute Gasteiger partial charge is 0.465 e. The Balaban J connectivity index is 2.37. The molecule has 0 bridgehead atoms. The predicted octanol–water partition coefficient (Wildman–Crippen LogP) is 3.64. The van der Waals surface area contributed by atoms with Crippen LogP contribution < -0.4 is 21.0 Å². The summed E-state index contributed by atoms with van der Waals surface area (Å²) >= 11 is 0. The average molecular weight is 459 g/mol. The van der Waals surface area contributed by atoms with Gasteiger partial charge >= 0.3 is 12.2 Å². The number of hydrogen-bond donors (Lipinski definition) is 4. The summed E-state index contributed by atoms with van der Waals surface area (Å²) in [6.07, 6.45) is -1.28. The minimum absolute atomic E-state index is 0.194. The van der Waals surface area contributed by atoms with Crippen molar-refractivity contribution in [2.45, 2.75) is 57.7 Å². The van der Waals surface area contributed by atoms with Gasteiger partial charge in [0.15, 0.2) is 0 Å². The van der Waals surface area contributed by atoms with Crippen molar-refractivity contribution in [2.75, 3.05) is 6.61 Å². The number of benzene rings is 2. The highest BCUT2D eigenvalue weighted by Crippen LogP contribution is 2.36. The maximum atomic E-state index is 11.4. The van der Waals surface area contributed by atoms with E-state index in [2.05, 4.69) is 55.7 Å². The number of carboxylic acid groups (broad SMARTS) is 2. The van der Waals surface area contributed by atoms with Gasteiger partial charge in [0.05, 0.1) is 12.6 Å². The zero-order chi connectivity index (χ0) is 23.8. The molecule has 2 rings (SSSR count). The van der Waals surface area contributed by atoms with Crippen LogP contribution in [-0.2, 0) is 4.43 Å². The van der Waals surface area contributed by atoms with Crippen molar-refractivity contribution in [2.24, 2.45) is 0 Å². The van der Waals surface area contributed by atoms with Gasteiger partial charge in [-0.25, -0.2) is 9.59 Å². The Kier molecular flexibility index (Phi) is 8.86. The first-order chi connectivity index (χ1) is 15.1. The van der Waals surface area contributed by atoms with Crippen molar-refractivity contribution >= 4 is 30.9 Å². The summed E-state index contributed by atoms with van der Waals surface area (Å²) in [5.41, 5.74) is 0. The molecule has 0 aliphatic rings. The highest BCUT2D eigenvalue weighted by atomic mass is 28.4. The summed E-state index contributed by atoms with van der Waals surface area (Å²) in [6, 6.07) is 19.5. The van der Waals surface area contributed by atoms with Gasteiger partial charge in [0.1, 0.15) is 0 Å². The fourth-order valence-electron chi connectivity index (χ4n) is 4.09. The number of amides is 2. The molecular weight excluding hydrogens is 424 g/mol. The molecule has 174 valence electrons. The highest BCUT2D eigenvalue weighted by Gasteiger charge is 2.50. The van der Waals surface area contributed by atoms with Crippen LogP contribution in [0.5, 0.6) is 0 Å². The highest BCUT2D eigenvalue weighted by molar-refractivity contribution is 6.99. The zero-order valence-electron chi connectivity index (χ0n) is 19.2. The van der Waals surface area contributed by atoms with Gasteiger partial charge in [-0.2, -0.15) is 0 Å². The van der Waals surface area contributed by atoms with Crippen molar-refractivity contribution in [3.8, 4) is 0 Å². The standard InChI is InChI=1S/C24H34N2O5Si/c1-18(25-22(27)28)15-16-19(26-23(29)30)17-31-32(24(2,3)4,20-11-7-5-8-12-20)21-13-9-6-10-14-21/h5-14,18-19,25-26H,15-17H2,1-4H3,(H,27,28)(H,29,30)/t18-,19-/m0/s1. The first kappa shape index (κ1) is 25.4. The van der Waals surface area contributed by atoms with Crippen LogP contribution in [0, 0.1) is 0 Å². The summed E-state index contributed by atoms with van der Waals surface area (Å²) in [4.78, 5) is 22.3. The Bertz CT molecular complexity index is 831. The quantitative estimate of drug-likeness (QED) is 0.407. The molecule has 0 aliphatic heterocycles. The normalized spacial score (nSPS) is 13.8. The van der Waals surface area contributed by atoms with Gasteiger partial charge in [0.2, 0.25) is 0 Å². The lowest BCUT2D eigenvalue weighted by molar-refractivity contribution is 0.174. The molecule has 0 saturated heterocycles. The molecule has 32 heavy (non-hydrogen) atoms. The molecule has 2 aromatic carbocycles. The summed E-state index contributed by atoms with van der Waals surface area (Å²) < 4.78 is 6.82. The SMILES string of the molecule is C[C@@H](CC[C@@H](CO[Si](c1ccccc1)(c1ccccc1)C(C)(C)C)NC(=O)O)NC(=O)O. The van der Waals surface area contributed by atoms with E-state index in [4.69, 9.17) is 9.53 Å². The molecule has 2 amide bonds. The number of hydrogen-bond acceptors (Lipinski definition) is 3. The van der Waals surface area contributed by atoms with Crippen LogP contribution in [0.25, 0.3) is 0 Å². The third-order valence-corrected chi connectivity index (χ3v) is 10.6. The lowest BCUT2D eigenvalue weighted by Gasteiger charge is -2.43. The van der Waals surface area contributed by atoms with Crippen LogP contribution in [0.2, 0.25) is 5.04 Å². The zero-order valence-corrected chi connectivity index (χ0v) is 20.2. The molecule has 0 saturated carbocycles. The molecule has 7 nitrogen and oxygen atoms in total. The molecule has 0 unspecified atom stereocenters. The van der Waals surface area contributed by atoms with E-state index in [1.165, 1.54) is 0 Å². The molecule has 0 aromatic heterocycles. The van der Waals surface area contributed by atoms with Crippen LogP contribution in [0.1, 0.15) is 40.5 Å². The fourth-order valence-corrected chi connectivity index (χ4v) is 8.70. The van der Waals surface area contributed by atoms with Gasteiger partial charge < -0.3 is 25.3 Å². The Morgan fingerprint density at radius 2 is 1.34 bits per heavy atom. The van der Waals surface area contributed by atoms with Crippen molar-refractivity contribution in [3.05, 3.63) is 60.7 Å². The molecule has 0 spiro atoms. The molecule has 0 radical (unpaired) electrons. The van der Waals surface area contributed by atoms with E-state index in [9.17, 15) is 14.7 Å². The van der Waals surface area contributed by atoms with Gasteiger partial charge in [0.25, 0.3) is 8.32 Å². The van der Waals surface area contributed by atoms with Crippen LogP contribution in [0.3, 0.4) is 0 Å². The predicted molar refractivity (Wildman–Crippen MR) is 128 cm³/mol. The van der Waals surface area contributed by atoms with E-state index in [1.807, 2.05) is 36.4 Å². The Morgan fingerprint density at radius 1 is 0.875 bits per heavy atom. The molecule has 2 aromatic rings. The monoisotopic (exact) mass is 458 g/mol. The second kappa shape index (κ2) is 11.1. The number of nitrogens with one attached hydrogen (secondary N) is 2. The van der Waals surface area contributed by atoms with Crippen LogP contribution in [0.4, 0.5) is 9.59 Å². The van der Waals surface area contributed by atoms with Crippen LogP contribution in [-0.4, -0.2) is 49.4 Å². The van der Waals surface area contributed by atoms with E-state index in [1.54, 1.807) is 6.92 Å². The molecule has 2 atom stereocenters. The summed E-state index contributed by atoms with van der Waals surface area (Å²) in [5, 5.41) is 25.2. The third-order valence-electron chi connectivity index (χ3n) is 5.56. The molecule has 8 heteroatoms. The lowest BCUT2D eigenvalue weighted by atomic mass is 10.1. The number of rotatable bonds is 10. The molecule has 4 N–H and O–H groups in total. The molecule has 0 heterocycles.